The molecule has 0 radical (unpaired) electrons. The summed E-state index contributed by atoms with van der Waals surface area (Å²) in [7, 11) is 0. The van der Waals surface area contributed by atoms with Gasteiger partial charge in [0.1, 0.15) is 17.4 Å². The molecule has 0 saturated carbocycles. The monoisotopic (exact) mass is 330 g/mol. The van der Waals surface area contributed by atoms with Crippen LogP contribution in [0.2, 0.25) is 0 Å². The molecule has 0 N–H and O–H groups in total. The van der Waals surface area contributed by atoms with Crippen molar-refractivity contribution >= 4 is 15.9 Å². The third kappa shape index (κ3) is 3.00. The van der Waals surface area contributed by atoms with Gasteiger partial charge in [0.2, 0.25) is 5.88 Å². The van der Waals surface area contributed by atoms with Gasteiger partial charge in [-0.15, -0.1) is 0 Å². The Balaban J connectivity index is 2.46. The second-order valence-electron chi connectivity index (χ2n) is 4.86. The minimum absolute atomic E-state index is 0.317. The molecule has 0 saturated heterocycles. The number of rotatable bonds is 3. The summed E-state index contributed by atoms with van der Waals surface area (Å²) in [5, 5.41) is 9.22. The molecule has 0 atom stereocenters. The van der Waals surface area contributed by atoms with Crippen LogP contribution in [0.3, 0.4) is 0 Å². The van der Waals surface area contributed by atoms with Crippen LogP contribution >= 0.6 is 15.9 Å². The standard InChI is InChI=1S/C16H15BrN2O/c1-10(2)13-8-12(17)4-5-15(13)20-16-14(9-18)11(3)6-7-19-16/h4-8,10H,1-3H3. The van der Waals surface area contributed by atoms with E-state index in [2.05, 4.69) is 40.8 Å². The van der Waals surface area contributed by atoms with Gasteiger partial charge in [-0.25, -0.2) is 4.98 Å². The molecule has 0 unspecified atom stereocenters. The number of nitrogens with zero attached hydrogens (tertiary/aromatic N) is 2. The lowest BCUT2D eigenvalue weighted by Crippen LogP contribution is -1.98. The Bertz CT molecular complexity index is 675. The van der Waals surface area contributed by atoms with E-state index in [1.165, 1.54) is 0 Å². The highest BCUT2D eigenvalue weighted by molar-refractivity contribution is 9.10. The average molecular weight is 331 g/mol. The summed E-state index contributed by atoms with van der Waals surface area (Å²) in [5.41, 5.74) is 2.41. The maximum absolute atomic E-state index is 9.22. The molecule has 0 aliphatic rings. The van der Waals surface area contributed by atoms with Gasteiger partial charge in [-0.2, -0.15) is 5.26 Å². The molecular weight excluding hydrogens is 316 g/mol. The van der Waals surface area contributed by atoms with E-state index in [-0.39, 0.29) is 0 Å². The molecule has 3 nitrogen and oxygen atoms in total. The highest BCUT2D eigenvalue weighted by Gasteiger charge is 2.13. The largest absolute Gasteiger partial charge is 0.437 e. The lowest BCUT2D eigenvalue weighted by molar-refractivity contribution is 0.452. The van der Waals surface area contributed by atoms with Gasteiger partial charge < -0.3 is 4.74 Å². The van der Waals surface area contributed by atoms with Crippen molar-refractivity contribution in [1.29, 1.82) is 5.26 Å². The van der Waals surface area contributed by atoms with Gasteiger partial charge in [-0.1, -0.05) is 29.8 Å². The normalized spacial score (nSPS) is 10.4. The maximum Gasteiger partial charge on any atom is 0.237 e. The second-order valence-corrected chi connectivity index (χ2v) is 5.77. The van der Waals surface area contributed by atoms with E-state index in [1.54, 1.807) is 12.3 Å². The van der Waals surface area contributed by atoms with Gasteiger partial charge in [0, 0.05) is 10.7 Å². The Morgan fingerprint density at radius 1 is 1.30 bits per heavy atom. The van der Waals surface area contributed by atoms with Gasteiger partial charge in [0.25, 0.3) is 0 Å². The number of benzene rings is 1. The summed E-state index contributed by atoms with van der Waals surface area (Å²) in [5.74, 6) is 1.41. The number of aryl methyl sites for hydroxylation is 1. The fourth-order valence-electron chi connectivity index (χ4n) is 1.91. The minimum Gasteiger partial charge on any atom is -0.437 e. The van der Waals surface area contributed by atoms with Crippen LogP contribution in [0, 0.1) is 18.3 Å². The zero-order chi connectivity index (χ0) is 14.7. The van der Waals surface area contributed by atoms with Gasteiger partial charge in [0.05, 0.1) is 0 Å². The molecule has 0 aliphatic heterocycles. The van der Waals surface area contributed by atoms with E-state index >= 15 is 0 Å². The van der Waals surface area contributed by atoms with E-state index in [4.69, 9.17) is 4.74 Å². The quantitative estimate of drug-likeness (QED) is 0.800. The fourth-order valence-corrected chi connectivity index (χ4v) is 2.29. The summed E-state index contributed by atoms with van der Waals surface area (Å²) < 4.78 is 6.88. The van der Waals surface area contributed by atoms with Crippen molar-refractivity contribution in [2.75, 3.05) is 0 Å². The Morgan fingerprint density at radius 3 is 2.70 bits per heavy atom. The van der Waals surface area contributed by atoms with E-state index in [0.717, 1.165) is 21.3 Å². The zero-order valence-corrected chi connectivity index (χ0v) is 13.2. The van der Waals surface area contributed by atoms with Crippen molar-refractivity contribution in [3.05, 3.63) is 51.6 Å². The number of aromatic nitrogens is 1. The van der Waals surface area contributed by atoms with Gasteiger partial charge in [0.15, 0.2) is 0 Å². The molecule has 1 aromatic heterocycles. The zero-order valence-electron chi connectivity index (χ0n) is 11.6. The first kappa shape index (κ1) is 14.5. The third-order valence-electron chi connectivity index (χ3n) is 3.04. The number of hydrogen-bond donors (Lipinski definition) is 0. The molecule has 0 bridgehead atoms. The van der Waals surface area contributed by atoms with Crippen LogP contribution in [-0.2, 0) is 0 Å². The van der Waals surface area contributed by atoms with Crippen LogP contribution in [0.4, 0.5) is 0 Å². The first-order valence-corrected chi connectivity index (χ1v) is 7.15. The number of pyridine rings is 1. The summed E-state index contributed by atoms with van der Waals surface area (Å²) in [4.78, 5) is 4.17. The maximum atomic E-state index is 9.22. The Hall–Kier alpha value is -1.86. The number of hydrogen-bond acceptors (Lipinski definition) is 3. The molecular formula is C16H15BrN2O. The molecule has 0 aliphatic carbocycles. The van der Waals surface area contributed by atoms with E-state index in [0.29, 0.717) is 17.4 Å². The van der Waals surface area contributed by atoms with Crippen molar-refractivity contribution in [3.8, 4) is 17.7 Å². The van der Waals surface area contributed by atoms with Gasteiger partial charge >= 0.3 is 0 Å². The van der Waals surface area contributed by atoms with Gasteiger partial charge in [-0.3, -0.25) is 0 Å². The fraction of sp³-hybridized carbons (Fsp3) is 0.250. The molecule has 0 amide bonds. The Labute approximate surface area is 127 Å². The predicted octanol–water partition coefficient (Wildman–Crippen LogP) is 4.94. The minimum atomic E-state index is 0.317. The summed E-state index contributed by atoms with van der Waals surface area (Å²) in [6, 6.07) is 9.79. The van der Waals surface area contributed by atoms with Crippen molar-refractivity contribution in [1.82, 2.24) is 4.98 Å². The third-order valence-corrected chi connectivity index (χ3v) is 3.53. The summed E-state index contributed by atoms with van der Waals surface area (Å²) >= 11 is 3.47. The molecule has 1 aromatic carbocycles. The molecule has 102 valence electrons. The molecule has 2 rings (SSSR count). The molecule has 1 heterocycles. The Morgan fingerprint density at radius 2 is 2.05 bits per heavy atom. The summed E-state index contributed by atoms with van der Waals surface area (Å²) in [6.45, 7) is 6.07. The topological polar surface area (TPSA) is 45.9 Å². The van der Waals surface area contributed by atoms with Crippen LogP contribution in [0.5, 0.6) is 11.6 Å². The average Bonchev–Trinajstić information content (AvgIpc) is 2.41. The first-order chi connectivity index (χ1) is 9.52. The second kappa shape index (κ2) is 6.06. The van der Waals surface area contributed by atoms with Gasteiger partial charge in [-0.05, 0) is 48.2 Å². The van der Waals surface area contributed by atoms with Crippen LogP contribution in [0.25, 0.3) is 0 Å². The Kier molecular flexibility index (Phi) is 4.41. The van der Waals surface area contributed by atoms with Crippen molar-refractivity contribution < 1.29 is 4.74 Å². The van der Waals surface area contributed by atoms with Crippen molar-refractivity contribution in [3.63, 3.8) is 0 Å². The lowest BCUT2D eigenvalue weighted by Gasteiger charge is -2.14. The van der Waals surface area contributed by atoms with Crippen LogP contribution in [0.1, 0.15) is 36.5 Å². The first-order valence-electron chi connectivity index (χ1n) is 6.36. The highest BCUT2D eigenvalue weighted by Crippen LogP contribution is 2.33. The highest BCUT2D eigenvalue weighted by atomic mass is 79.9. The number of ether oxygens (including phenoxy) is 1. The SMILES string of the molecule is Cc1ccnc(Oc2ccc(Br)cc2C(C)C)c1C#N. The molecule has 20 heavy (non-hydrogen) atoms. The molecule has 0 fully saturated rings. The number of halogens is 1. The lowest BCUT2D eigenvalue weighted by atomic mass is 10.0. The van der Waals surface area contributed by atoms with Crippen LogP contribution < -0.4 is 4.74 Å². The number of nitriles is 1. The molecule has 0 spiro atoms. The van der Waals surface area contributed by atoms with E-state index in [9.17, 15) is 5.26 Å². The molecule has 4 heteroatoms. The predicted molar refractivity (Wildman–Crippen MR) is 82.0 cm³/mol. The van der Waals surface area contributed by atoms with Crippen molar-refractivity contribution in [2.45, 2.75) is 26.7 Å². The molecule has 2 aromatic rings. The van der Waals surface area contributed by atoms with E-state index in [1.807, 2.05) is 25.1 Å². The van der Waals surface area contributed by atoms with Crippen LogP contribution in [-0.4, -0.2) is 4.98 Å². The van der Waals surface area contributed by atoms with E-state index < -0.39 is 0 Å². The van der Waals surface area contributed by atoms with Crippen LogP contribution in [0.15, 0.2) is 34.9 Å². The smallest absolute Gasteiger partial charge is 0.237 e. The van der Waals surface area contributed by atoms with Crippen molar-refractivity contribution in [2.24, 2.45) is 0 Å². The summed E-state index contributed by atoms with van der Waals surface area (Å²) in [6.07, 6.45) is 1.65.